The molecule has 1 amide bonds. The predicted molar refractivity (Wildman–Crippen MR) is 155 cm³/mol. The number of pyridine rings is 2. The van der Waals surface area contributed by atoms with Gasteiger partial charge in [-0.3, -0.25) is 14.9 Å². The number of imidazole rings is 1. The number of nitrogens with zero attached hydrogens (tertiary/aromatic N) is 5. The first-order valence-corrected chi connectivity index (χ1v) is 13.5. The van der Waals surface area contributed by atoms with Crippen molar-refractivity contribution >= 4 is 33.5 Å². The number of hydrogen-bond donors (Lipinski definition) is 4. The second kappa shape index (κ2) is 10.0. The molecule has 0 unspecified atom stereocenters. The van der Waals surface area contributed by atoms with Crippen LogP contribution in [-0.2, 0) is 4.79 Å². The summed E-state index contributed by atoms with van der Waals surface area (Å²) in [6.45, 7) is 3.93. The van der Waals surface area contributed by atoms with E-state index in [9.17, 15) is 4.79 Å². The quantitative estimate of drug-likeness (QED) is 0.240. The monoisotopic (exact) mass is 531 g/mol. The molecule has 1 aliphatic heterocycles. The molecule has 0 radical (unpaired) electrons. The SMILES string of the molecule is Cc1cn(-c2cccc3[nH]c(-c4n[nH]c5ccc(-c6cncc(NC(=O)CC7CCNCC7)c6)nc45)cc23)cn1. The highest BCUT2D eigenvalue weighted by atomic mass is 16.1. The van der Waals surface area contributed by atoms with Crippen LogP contribution in [0.2, 0.25) is 0 Å². The highest BCUT2D eigenvalue weighted by Gasteiger charge is 2.18. The molecule has 0 aliphatic carbocycles. The topological polar surface area (TPSA) is 129 Å². The van der Waals surface area contributed by atoms with Crippen LogP contribution < -0.4 is 10.6 Å². The van der Waals surface area contributed by atoms with E-state index in [1.54, 1.807) is 12.4 Å². The number of rotatable bonds is 6. The molecule has 1 fully saturated rings. The van der Waals surface area contributed by atoms with E-state index in [4.69, 9.17) is 4.98 Å². The number of anilines is 1. The number of hydrogen-bond acceptors (Lipinski definition) is 6. The van der Waals surface area contributed by atoms with Gasteiger partial charge in [-0.25, -0.2) is 9.97 Å². The number of carbonyl (C=O) groups excluding carboxylic acids is 1. The van der Waals surface area contributed by atoms with Crippen molar-refractivity contribution in [2.45, 2.75) is 26.2 Å². The van der Waals surface area contributed by atoms with E-state index in [0.717, 1.165) is 81.9 Å². The number of aromatic amines is 2. The van der Waals surface area contributed by atoms with E-state index >= 15 is 0 Å². The lowest BCUT2D eigenvalue weighted by Crippen LogP contribution is -2.30. The van der Waals surface area contributed by atoms with Gasteiger partial charge >= 0.3 is 0 Å². The number of carbonyl (C=O) groups is 1. The molecule has 10 heteroatoms. The third-order valence-corrected chi connectivity index (χ3v) is 7.54. The lowest BCUT2D eigenvalue weighted by atomic mass is 9.94. The molecule has 0 spiro atoms. The first-order chi connectivity index (χ1) is 19.6. The lowest BCUT2D eigenvalue weighted by molar-refractivity contribution is -0.117. The van der Waals surface area contributed by atoms with Crippen molar-refractivity contribution in [2.75, 3.05) is 18.4 Å². The maximum absolute atomic E-state index is 12.7. The van der Waals surface area contributed by atoms with Crippen LogP contribution in [-0.4, -0.2) is 53.7 Å². The Bertz CT molecular complexity index is 1840. The van der Waals surface area contributed by atoms with Gasteiger partial charge in [0.25, 0.3) is 0 Å². The highest BCUT2D eigenvalue weighted by molar-refractivity contribution is 5.97. The Morgan fingerprint density at radius 3 is 2.85 bits per heavy atom. The van der Waals surface area contributed by atoms with Gasteiger partial charge in [-0.2, -0.15) is 5.10 Å². The molecule has 1 saturated heterocycles. The third-order valence-electron chi connectivity index (χ3n) is 7.54. The number of amides is 1. The van der Waals surface area contributed by atoms with Gasteiger partial charge in [-0.05, 0) is 75.2 Å². The number of H-pyrrole nitrogens is 2. The molecule has 40 heavy (non-hydrogen) atoms. The van der Waals surface area contributed by atoms with E-state index in [-0.39, 0.29) is 5.91 Å². The zero-order chi connectivity index (χ0) is 27.1. The summed E-state index contributed by atoms with van der Waals surface area (Å²) in [6, 6.07) is 14.1. The molecule has 200 valence electrons. The Morgan fingerprint density at radius 2 is 2.00 bits per heavy atom. The molecule has 7 rings (SSSR count). The number of nitrogens with one attached hydrogen (secondary N) is 4. The summed E-state index contributed by atoms with van der Waals surface area (Å²) in [7, 11) is 0. The maximum atomic E-state index is 12.7. The van der Waals surface area contributed by atoms with Gasteiger partial charge < -0.3 is 20.2 Å². The van der Waals surface area contributed by atoms with Crippen LogP contribution in [0.25, 0.3) is 50.3 Å². The predicted octanol–water partition coefficient (Wildman–Crippen LogP) is 4.99. The first-order valence-electron chi connectivity index (χ1n) is 13.5. The Labute approximate surface area is 230 Å². The fourth-order valence-corrected chi connectivity index (χ4v) is 5.50. The molecule has 6 heterocycles. The van der Waals surface area contributed by atoms with Crippen molar-refractivity contribution in [2.24, 2.45) is 5.92 Å². The van der Waals surface area contributed by atoms with Crippen molar-refractivity contribution in [1.82, 2.24) is 40.0 Å². The van der Waals surface area contributed by atoms with Gasteiger partial charge in [0, 0.05) is 35.3 Å². The zero-order valence-corrected chi connectivity index (χ0v) is 22.1. The molecule has 4 N–H and O–H groups in total. The Kier molecular flexibility index (Phi) is 6.09. The van der Waals surface area contributed by atoms with Crippen LogP contribution >= 0.6 is 0 Å². The minimum absolute atomic E-state index is 0.0235. The van der Waals surface area contributed by atoms with Crippen LogP contribution in [0.1, 0.15) is 25.0 Å². The van der Waals surface area contributed by atoms with Gasteiger partial charge in [-0.1, -0.05) is 6.07 Å². The molecule has 10 nitrogen and oxygen atoms in total. The largest absolute Gasteiger partial charge is 0.353 e. The molecular formula is C30H29N9O. The summed E-state index contributed by atoms with van der Waals surface area (Å²) in [5.74, 6) is 0.446. The number of fused-ring (bicyclic) bond motifs is 2. The molecule has 1 aromatic carbocycles. The summed E-state index contributed by atoms with van der Waals surface area (Å²) in [4.78, 5) is 29.9. The van der Waals surface area contributed by atoms with Gasteiger partial charge in [0.15, 0.2) is 0 Å². The average Bonchev–Trinajstić information content (AvgIpc) is 3.71. The lowest BCUT2D eigenvalue weighted by Gasteiger charge is -2.21. The van der Waals surface area contributed by atoms with Crippen molar-refractivity contribution in [3.63, 3.8) is 0 Å². The number of benzene rings is 1. The van der Waals surface area contributed by atoms with Crippen molar-refractivity contribution in [3.05, 3.63) is 73.1 Å². The first kappa shape index (κ1) is 24.2. The summed E-state index contributed by atoms with van der Waals surface area (Å²) < 4.78 is 2.03. The minimum Gasteiger partial charge on any atom is -0.353 e. The zero-order valence-electron chi connectivity index (χ0n) is 22.1. The normalized spacial score (nSPS) is 14.2. The van der Waals surface area contributed by atoms with Gasteiger partial charge in [0.1, 0.15) is 11.2 Å². The van der Waals surface area contributed by atoms with E-state index in [1.807, 2.05) is 48.3 Å². The molecule has 0 atom stereocenters. The number of aryl methyl sites for hydroxylation is 1. The second-order valence-electron chi connectivity index (χ2n) is 10.4. The fourth-order valence-electron chi connectivity index (χ4n) is 5.50. The highest BCUT2D eigenvalue weighted by Crippen LogP contribution is 2.32. The summed E-state index contributed by atoms with van der Waals surface area (Å²) >= 11 is 0. The maximum Gasteiger partial charge on any atom is 0.224 e. The standard InChI is InChI=1S/C30H29N9O/c1-18-16-39(17-33-18)27-4-2-3-24-22(27)13-26(35-24)30-29-25(37-38-30)6-5-23(36-29)20-12-21(15-32-14-20)34-28(40)11-19-7-9-31-10-8-19/h2-6,12-17,19,31,35H,7-11H2,1H3,(H,34,40)(H,37,38). The average molecular weight is 532 g/mol. The van der Waals surface area contributed by atoms with Crippen molar-refractivity contribution in [1.29, 1.82) is 0 Å². The third kappa shape index (κ3) is 4.62. The number of aromatic nitrogens is 7. The summed E-state index contributed by atoms with van der Waals surface area (Å²) in [6.07, 6.45) is 9.87. The van der Waals surface area contributed by atoms with Gasteiger partial charge in [0.2, 0.25) is 5.91 Å². The van der Waals surface area contributed by atoms with Gasteiger partial charge in [0.05, 0.1) is 46.5 Å². The van der Waals surface area contributed by atoms with Crippen molar-refractivity contribution in [3.8, 4) is 28.3 Å². The Morgan fingerprint density at radius 1 is 1.10 bits per heavy atom. The second-order valence-corrected chi connectivity index (χ2v) is 10.4. The smallest absolute Gasteiger partial charge is 0.224 e. The van der Waals surface area contributed by atoms with E-state index in [1.165, 1.54) is 0 Å². The summed E-state index contributed by atoms with van der Waals surface area (Å²) in [5, 5.41) is 15.1. The van der Waals surface area contributed by atoms with Crippen molar-refractivity contribution < 1.29 is 4.79 Å². The van der Waals surface area contributed by atoms with Crippen LogP contribution in [0.3, 0.4) is 0 Å². The fraction of sp³-hybridized carbons (Fsp3) is 0.233. The molecule has 6 aromatic rings. The molecule has 1 aliphatic rings. The molecule has 0 saturated carbocycles. The number of piperidine rings is 1. The molecule has 0 bridgehead atoms. The van der Waals surface area contributed by atoms with Gasteiger partial charge in [-0.15, -0.1) is 0 Å². The van der Waals surface area contributed by atoms with E-state index < -0.39 is 0 Å². The van der Waals surface area contributed by atoms with Crippen LogP contribution in [0, 0.1) is 12.8 Å². The Hall–Kier alpha value is -4.83. The van der Waals surface area contributed by atoms with E-state index in [0.29, 0.717) is 18.0 Å². The van der Waals surface area contributed by atoms with E-state index in [2.05, 4.69) is 54.0 Å². The molecular weight excluding hydrogens is 502 g/mol. The van der Waals surface area contributed by atoms with Crippen LogP contribution in [0.5, 0.6) is 0 Å². The minimum atomic E-state index is 0.0235. The molecule has 5 aromatic heterocycles. The van der Waals surface area contributed by atoms with Crippen LogP contribution in [0.15, 0.2) is 67.4 Å². The van der Waals surface area contributed by atoms with Crippen LogP contribution in [0.4, 0.5) is 5.69 Å². The Balaban J connectivity index is 1.19. The summed E-state index contributed by atoms with van der Waals surface area (Å²) in [5.41, 5.74) is 8.44.